The highest BCUT2D eigenvalue weighted by Gasteiger charge is 2.13. The molecule has 3 aromatic rings. The summed E-state index contributed by atoms with van der Waals surface area (Å²) in [7, 11) is 0. The molecule has 3 rings (SSSR count). The van der Waals surface area contributed by atoms with E-state index >= 15 is 0 Å². The van der Waals surface area contributed by atoms with Crippen molar-refractivity contribution < 1.29 is 4.79 Å². The van der Waals surface area contributed by atoms with Crippen LogP contribution in [0.1, 0.15) is 42.4 Å². The smallest absolute Gasteiger partial charge is 0.274 e. The van der Waals surface area contributed by atoms with Crippen LogP contribution in [0.15, 0.2) is 60.8 Å². The molecule has 27 heavy (non-hydrogen) atoms. The van der Waals surface area contributed by atoms with Crippen molar-refractivity contribution in [1.82, 2.24) is 9.97 Å². The molecule has 5 heteroatoms. The van der Waals surface area contributed by atoms with E-state index in [1.807, 2.05) is 43.3 Å². The average molecular weight is 360 g/mol. The second-order valence-electron chi connectivity index (χ2n) is 7.54. The predicted octanol–water partition coefficient (Wildman–Crippen LogP) is 5.08. The number of hydrogen-bond acceptors (Lipinski definition) is 4. The quantitative estimate of drug-likeness (QED) is 0.681. The zero-order chi connectivity index (χ0) is 19.4. The molecule has 1 aromatic heterocycles. The van der Waals surface area contributed by atoms with Gasteiger partial charge in [-0.15, -0.1) is 0 Å². The molecular formula is C22H24N4O. The van der Waals surface area contributed by atoms with Gasteiger partial charge in [0, 0.05) is 17.6 Å². The number of nitrogens with zero attached hydrogens (tertiary/aromatic N) is 2. The maximum Gasteiger partial charge on any atom is 0.274 e. The summed E-state index contributed by atoms with van der Waals surface area (Å²) < 4.78 is 0. The second-order valence-corrected chi connectivity index (χ2v) is 7.54. The van der Waals surface area contributed by atoms with Gasteiger partial charge < -0.3 is 10.6 Å². The van der Waals surface area contributed by atoms with Crippen LogP contribution in [0.25, 0.3) is 0 Å². The minimum atomic E-state index is -0.269. The van der Waals surface area contributed by atoms with Crippen molar-refractivity contribution in [2.24, 2.45) is 0 Å². The van der Waals surface area contributed by atoms with E-state index in [4.69, 9.17) is 0 Å². The van der Waals surface area contributed by atoms with E-state index in [0.717, 1.165) is 16.9 Å². The first-order chi connectivity index (χ1) is 12.8. The standard InChI is InChI=1S/C22H24N4O/c1-15-6-5-7-18(14-15)24-20(27)19-12-13-23-21(26-19)25-17-10-8-16(9-11-17)22(2,3)4/h5-14H,1-4H3,(H,24,27)(H,23,25,26). The highest BCUT2D eigenvalue weighted by atomic mass is 16.1. The van der Waals surface area contributed by atoms with Gasteiger partial charge in [-0.2, -0.15) is 0 Å². The topological polar surface area (TPSA) is 66.9 Å². The molecule has 0 unspecified atom stereocenters. The summed E-state index contributed by atoms with van der Waals surface area (Å²) in [6, 6.07) is 17.4. The Morgan fingerprint density at radius 1 is 0.963 bits per heavy atom. The molecule has 0 atom stereocenters. The summed E-state index contributed by atoms with van der Waals surface area (Å²) >= 11 is 0. The van der Waals surface area contributed by atoms with E-state index < -0.39 is 0 Å². The second kappa shape index (κ2) is 7.58. The van der Waals surface area contributed by atoms with Gasteiger partial charge in [0.05, 0.1) is 0 Å². The molecule has 0 bridgehead atoms. The third-order valence-corrected chi connectivity index (χ3v) is 4.17. The minimum absolute atomic E-state index is 0.100. The fraction of sp³-hybridized carbons (Fsp3) is 0.227. The maximum absolute atomic E-state index is 12.5. The summed E-state index contributed by atoms with van der Waals surface area (Å²) in [5, 5.41) is 6.01. The fourth-order valence-electron chi connectivity index (χ4n) is 2.65. The minimum Gasteiger partial charge on any atom is -0.324 e. The molecule has 138 valence electrons. The highest BCUT2D eigenvalue weighted by molar-refractivity contribution is 6.03. The van der Waals surface area contributed by atoms with E-state index in [2.05, 4.69) is 53.5 Å². The maximum atomic E-state index is 12.5. The number of anilines is 3. The van der Waals surface area contributed by atoms with Crippen LogP contribution < -0.4 is 10.6 Å². The highest BCUT2D eigenvalue weighted by Crippen LogP contribution is 2.24. The van der Waals surface area contributed by atoms with E-state index in [9.17, 15) is 4.79 Å². The number of rotatable bonds is 4. The molecule has 1 amide bonds. The van der Waals surface area contributed by atoms with Gasteiger partial charge in [0.1, 0.15) is 5.69 Å². The molecule has 0 saturated heterocycles. The monoisotopic (exact) mass is 360 g/mol. The number of hydrogen-bond donors (Lipinski definition) is 2. The lowest BCUT2D eigenvalue weighted by atomic mass is 9.87. The molecule has 0 aliphatic carbocycles. The average Bonchev–Trinajstić information content (AvgIpc) is 2.62. The van der Waals surface area contributed by atoms with Crippen molar-refractivity contribution in [1.29, 1.82) is 0 Å². The SMILES string of the molecule is Cc1cccc(NC(=O)c2ccnc(Nc3ccc(C(C)(C)C)cc3)n2)c1. The molecule has 2 aromatic carbocycles. The van der Waals surface area contributed by atoms with Gasteiger partial charge in [0.15, 0.2) is 0 Å². The Kier molecular flexibility index (Phi) is 5.21. The van der Waals surface area contributed by atoms with Gasteiger partial charge in [-0.05, 0) is 53.8 Å². The Morgan fingerprint density at radius 3 is 2.37 bits per heavy atom. The first-order valence-corrected chi connectivity index (χ1v) is 8.90. The van der Waals surface area contributed by atoms with Gasteiger partial charge in [0.25, 0.3) is 5.91 Å². The van der Waals surface area contributed by atoms with Gasteiger partial charge in [-0.1, -0.05) is 45.0 Å². The lowest BCUT2D eigenvalue weighted by Gasteiger charge is -2.19. The van der Waals surface area contributed by atoms with Crippen molar-refractivity contribution in [2.45, 2.75) is 33.1 Å². The summed E-state index contributed by atoms with van der Waals surface area (Å²) in [5.41, 5.74) is 4.35. The summed E-state index contributed by atoms with van der Waals surface area (Å²) in [6.07, 6.45) is 1.57. The Balaban J connectivity index is 1.72. The van der Waals surface area contributed by atoms with Crippen molar-refractivity contribution >= 4 is 23.2 Å². The van der Waals surface area contributed by atoms with E-state index in [1.54, 1.807) is 12.3 Å². The van der Waals surface area contributed by atoms with Crippen molar-refractivity contribution in [3.63, 3.8) is 0 Å². The van der Waals surface area contributed by atoms with Gasteiger partial charge >= 0.3 is 0 Å². The van der Waals surface area contributed by atoms with Gasteiger partial charge in [0.2, 0.25) is 5.95 Å². The Hall–Kier alpha value is -3.21. The van der Waals surface area contributed by atoms with Crippen molar-refractivity contribution in [3.8, 4) is 0 Å². The first kappa shape index (κ1) is 18.6. The fourth-order valence-corrected chi connectivity index (χ4v) is 2.65. The number of carbonyl (C=O) groups is 1. The normalized spacial score (nSPS) is 11.1. The van der Waals surface area contributed by atoms with E-state index in [0.29, 0.717) is 11.6 Å². The molecule has 5 nitrogen and oxygen atoms in total. The summed E-state index contributed by atoms with van der Waals surface area (Å²) in [6.45, 7) is 8.51. The zero-order valence-electron chi connectivity index (χ0n) is 16.1. The van der Waals surface area contributed by atoms with Gasteiger partial charge in [-0.3, -0.25) is 4.79 Å². The number of benzene rings is 2. The van der Waals surface area contributed by atoms with Crippen molar-refractivity contribution in [2.75, 3.05) is 10.6 Å². The Labute approximate surface area is 159 Å². The van der Waals surface area contributed by atoms with Crippen LogP contribution in [0.3, 0.4) is 0 Å². The predicted molar refractivity (Wildman–Crippen MR) is 110 cm³/mol. The summed E-state index contributed by atoms with van der Waals surface area (Å²) in [5.74, 6) is 0.115. The van der Waals surface area contributed by atoms with Crippen molar-refractivity contribution in [3.05, 3.63) is 77.6 Å². The molecule has 0 fully saturated rings. The molecule has 2 N–H and O–H groups in total. The van der Waals surface area contributed by atoms with Crippen LogP contribution in [-0.2, 0) is 5.41 Å². The summed E-state index contributed by atoms with van der Waals surface area (Å²) in [4.78, 5) is 21.0. The molecule has 0 spiro atoms. The van der Waals surface area contributed by atoms with E-state index in [1.165, 1.54) is 5.56 Å². The van der Waals surface area contributed by atoms with Crippen LogP contribution >= 0.6 is 0 Å². The molecule has 0 aliphatic rings. The Morgan fingerprint density at radius 2 is 1.70 bits per heavy atom. The molecule has 0 saturated carbocycles. The molecular weight excluding hydrogens is 336 g/mol. The number of aryl methyl sites for hydroxylation is 1. The number of carbonyl (C=O) groups excluding carboxylic acids is 1. The zero-order valence-corrected chi connectivity index (χ0v) is 16.1. The van der Waals surface area contributed by atoms with Crippen LogP contribution in [0.4, 0.5) is 17.3 Å². The third kappa shape index (κ3) is 4.91. The van der Waals surface area contributed by atoms with E-state index in [-0.39, 0.29) is 11.3 Å². The largest absolute Gasteiger partial charge is 0.324 e. The lowest BCUT2D eigenvalue weighted by molar-refractivity contribution is 0.102. The van der Waals surface area contributed by atoms with Crippen LogP contribution in [0, 0.1) is 6.92 Å². The first-order valence-electron chi connectivity index (χ1n) is 8.90. The van der Waals surface area contributed by atoms with Gasteiger partial charge in [-0.25, -0.2) is 9.97 Å². The van der Waals surface area contributed by atoms with Crippen LogP contribution in [-0.4, -0.2) is 15.9 Å². The molecule has 0 radical (unpaired) electrons. The Bertz CT molecular complexity index is 943. The lowest BCUT2D eigenvalue weighted by Crippen LogP contribution is -2.15. The van der Waals surface area contributed by atoms with Crippen LogP contribution in [0.5, 0.6) is 0 Å². The van der Waals surface area contributed by atoms with Crippen LogP contribution in [0.2, 0.25) is 0 Å². The number of amides is 1. The number of aromatic nitrogens is 2. The molecule has 0 aliphatic heterocycles. The number of nitrogens with one attached hydrogen (secondary N) is 2. The molecule has 1 heterocycles. The third-order valence-electron chi connectivity index (χ3n) is 4.17.